The monoisotopic (exact) mass is 992 g/mol. The Morgan fingerprint density at radius 3 is 2.43 bits per heavy atom. The molecule has 67 heavy (non-hydrogen) atoms. The number of methoxy groups -OCH3 is 1. The molecule has 3 amide bonds. The van der Waals surface area contributed by atoms with E-state index in [1.807, 2.05) is 24.3 Å². The smallest absolute Gasteiger partial charge is 0.255 e. The number of nitrogens with zero attached hydrogens (tertiary/aromatic N) is 9. The largest absolute Gasteiger partial charge is 0.494 e. The van der Waals surface area contributed by atoms with Crippen LogP contribution in [-0.4, -0.2) is 144 Å². The summed E-state index contributed by atoms with van der Waals surface area (Å²) in [6.45, 7) is 13.9. The first-order valence-electron chi connectivity index (χ1n) is 23.0. The second-order valence-corrected chi connectivity index (χ2v) is 22.2. The first-order chi connectivity index (χ1) is 32.3. The summed E-state index contributed by atoms with van der Waals surface area (Å²) in [5.74, 6) is 0.772. The summed E-state index contributed by atoms with van der Waals surface area (Å²) in [5.41, 5.74) is 7.69. The van der Waals surface area contributed by atoms with Crippen molar-refractivity contribution in [1.29, 1.82) is 0 Å². The molecule has 17 nitrogen and oxygen atoms in total. The number of ether oxygens (including phenoxy) is 1. The van der Waals surface area contributed by atoms with Crippen LogP contribution in [-0.2, 0) is 27.1 Å². The zero-order valence-corrected chi connectivity index (χ0v) is 41.2. The highest BCUT2D eigenvalue weighted by Crippen LogP contribution is 2.42. The molecule has 352 valence electrons. The number of hydrogen-bond acceptors (Lipinski definition) is 15. The van der Waals surface area contributed by atoms with E-state index in [2.05, 4.69) is 98.6 Å². The summed E-state index contributed by atoms with van der Waals surface area (Å²) in [5, 5.41) is 9.79. The molecule has 6 heterocycles. The summed E-state index contributed by atoms with van der Waals surface area (Å²) in [4.78, 5) is 67.2. The average Bonchev–Trinajstić information content (AvgIpc) is 3.65. The van der Waals surface area contributed by atoms with Gasteiger partial charge in [0.25, 0.3) is 5.91 Å². The third kappa shape index (κ3) is 9.85. The van der Waals surface area contributed by atoms with Gasteiger partial charge < -0.3 is 34.6 Å². The van der Waals surface area contributed by atoms with E-state index in [9.17, 15) is 18.9 Å². The van der Waals surface area contributed by atoms with Gasteiger partial charge in [-0.1, -0.05) is 6.92 Å². The number of carbonyl (C=O) groups is 3. The van der Waals surface area contributed by atoms with E-state index >= 15 is 0 Å². The molecule has 4 aliphatic rings. The second kappa shape index (κ2) is 19.5. The van der Waals surface area contributed by atoms with Gasteiger partial charge in [0.1, 0.15) is 30.3 Å². The highest BCUT2D eigenvalue weighted by Gasteiger charge is 2.39. The van der Waals surface area contributed by atoms with E-state index in [0.29, 0.717) is 68.6 Å². The molecule has 1 unspecified atom stereocenters. The first-order valence-corrected chi connectivity index (χ1v) is 26.4. The number of rotatable bonds is 14. The molecular weight excluding hydrogens is 935 g/mol. The highest BCUT2D eigenvalue weighted by atomic mass is 79.9. The minimum absolute atomic E-state index is 0.147. The number of benzene rings is 3. The zero-order valence-electron chi connectivity index (χ0n) is 38.7. The normalized spacial score (nSPS) is 18.6. The minimum atomic E-state index is -2.78. The molecule has 0 saturated carbocycles. The number of aryl methyl sites for hydroxylation is 1. The van der Waals surface area contributed by atoms with Crippen LogP contribution < -0.4 is 35.8 Å². The van der Waals surface area contributed by atoms with Crippen molar-refractivity contribution in [2.75, 3.05) is 100 Å². The van der Waals surface area contributed by atoms with Gasteiger partial charge in [0.15, 0.2) is 0 Å². The van der Waals surface area contributed by atoms with Crippen molar-refractivity contribution in [3.05, 3.63) is 82.2 Å². The zero-order chi connectivity index (χ0) is 47.0. The Hall–Kier alpha value is -5.68. The highest BCUT2D eigenvalue weighted by molar-refractivity contribution is 9.10. The lowest BCUT2D eigenvalue weighted by molar-refractivity contribution is -0.136. The fourth-order valence-electron chi connectivity index (χ4n) is 9.93. The van der Waals surface area contributed by atoms with Crippen molar-refractivity contribution >= 4 is 91.6 Å². The molecule has 0 radical (unpaired) electrons. The number of imide groups is 1. The number of fused-ring (bicyclic) bond motifs is 2. The Kier molecular flexibility index (Phi) is 13.5. The van der Waals surface area contributed by atoms with Gasteiger partial charge >= 0.3 is 0 Å². The van der Waals surface area contributed by atoms with Crippen LogP contribution in [0.25, 0.3) is 11.0 Å². The van der Waals surface area contributed by atoms with Gasteiger partial charge in [-0.25, -0.2) is 4.98 Å². The average molecular weight is 994 g/mol. The van der Waals surface area contributed by atoms with E-state index in [1.165, 1.54) is 11.3 Å². The molecule has 3 aromatic carbocycles. The lowest BCUT2D eigenvalue weighted by atomic mass is 9.99. The molecule has 0 spiro atoms. The number of aromatic nitrogens is 4. The van der Waals surface area contributed by atoms with E-state index in [4.69, 9.17) is 9.72 Å². The maximum atomic E-state index is 13.5. The van der Waals surface area contributed by atoms with Gasteiger partial charge in [-0.3, -0.25) is 39.5 Å². The van der Waals surface area contributed by atoms with Gasteiger partial charge in [0.05, 0.1) is 33.8 Å². The number of hydrogen-bond donors (Lipinski definition) is 3. The van der Waals surface area contributed by atoms with E-state index < -0.39 is 13.2 Å². The molecule has 9 rings (SSSR count). The van der Waals surface area contributed by atoms with Crippen LogP contribution in [0.1, 0.15) is 54.1 Å². The predicted octanol–water partition coefficient (Wildman–Crippen LogP) is 5.97. The van der Waals surface area contributed by atoms with E-state index in [-0.39, 0.29) is 24.1 Å². The van der Waals surface area contributed by atoms with Crippen LogP contribution in [0, 0.1) is 0 Å². The van der Waals surface area contributed by atoms with Gasteiger partial charge in [0, 0.05) is 120 Å². The molecule has 0 aliphatic carbocycles. The summed E-state index contributed by atoms with van der Waals surface area (Å²) in [7, 11) is 0.999. The van der Waals surface area contributed by atoms with Crippen LogP contribution in [0.2, 0.25) is 0 Å². The minimum Gasteiger partial charge on any atom is -0.494 e. The van der Waals surface area contributed by atoms with Crippen LogP contribution in [0.15, 0.2) is 65.5 Å². The lowest BCUT2D eigenvalue weighted by Gasteiger charge is -2.43. The van der Waals surface area contributed by atoms with Crippen molar-refractivity contribution in [1.82, 2.24) is 40.0 Å². The lowest BCUT2D eigenvalue weighted by Crippen LogP contribution is -2.54. The summed E-state index contributed by atoms with van der Waals surface area (Å²) in [6, 6.07) is 13.9. The molecule has 3 fully saturated rings. The standard InChI is InChI=1S/C48H58BrN12O5P/c1-6-30-26-38(54-48-52-28-35(49)45(56-48)53-37-10-9-36-43(51-16-15-50-36)44(37)67(4,5)65)41(66-3)27-40(30)60-17-13-32(14-18-60)59-23-21-58(22-24-59)20-19-57(2)33-7-8-34-31(25-33)29-61(47(34)64)39-11-12-42(62)55-46(39)63/h7-10,15-16,25-28,32,39H,6,11-14,17-24,29H2,1-5H3,(H,55,62,63)(H2,52,53,54,56). The SMILES string of the molecule is CCc1cc(Nc2ncc(Br)c(Nc3ccc4nccnc4c3P(C)(C)=O)n2)c(OC)cc1N1CCC(N2CCN(CCN(C)c3ccc4c(c3)CN(C3CCC(=O)NC3=O)C4=O)CC2)CC1. The number of likely N-dealkylation sites (N-methyl/N-ethyl adjacent to an activating group) is 1. The van der Waals surface area contributed by atoms with Crippen LogP contribution in [0.5, 0.6) is 5.75 Å². The molecule has 4 aliphatic heterocycles. The third-order valence-corrected chi connectivity index (χ3v) is 15.7. The number of amides is 3. The van der Waals surface area contributed by atoms with Crippen molar-refractivity contribution < 1.29 is 23.7 Å². The summed E-state index contributed by atoms with van der Waals surface area (Å²) >= 11 is 3.60. The molecule has 5 aromatic rings. The molecule has 19 heteroatoms. The van der Waals surface area contributed by atoms with Crippen LogP contribution >= 0.6 is 23.1 Å². The van der Waals surface area contributed by atoms with Gasteiger partial charge in [0.2, 0.25) is 17.8 Å². The molecule has 2 aromatic heterocycles. The van der Waals surface area contributed by atoms with Crippen molar-refractivity contribution in [2.24, 2.45) is 0 Å². The number of anilines is 6. The number of piperazine rings is 1. The predicted molar refractivity (Wildman–Crippen MR) is 266 cm³/mol. The van der Waals surface area contributed by atoms with Crippen molar-refractivity contribution in [2.45, 2.75) is 57.7 Å². The Morgan fingerprint density at radius 2 is 1.70 bits per heavy atom. The van der Waals surface area contributed by atoms with Crippen LogP contribution in [0.3, 0.4) is 0 Å². The molecular formula is C48H58BrN12O5P. The molecule has 3 saturated heterocycles. The Morgan fingerprint density at radius 1 is 0.925 bits per heavy atom. The maximum Gasteiger partial charge on any atom is 0.255 e. The fraction of sp³-hybridized carbons (Fsp3) is 0.438. The van der Waals surface area contributed by atoms with Crippen molar-refractivity contribution in [3.8, 4) is 5.75 Å². The Labute approximate surface area is 399 Å². The van der Waals surface area contributed by atoms with Crippen molar-refractivity contribution in [3.63, 3.8) is 0 Å². The third-order valence-electron chi connectivity index (χ3n) is 13.6. The molecule has 1 atom stereocenters. The molecule has 0 bridgehead atoms. The van der Waals surface area contributed by atoms with Gasteiger partial charge in [-0.05, 0) is 102 Å². The Bertz CT molecular complexity index is 2760. The van der Waals surface area contributed by atoms with E-state index in [0.717, 1.165) is 88.6 Å². The van der Waals surface area contributed by atoms with Gasteiger partial charge in [-0.15, -0.1) is 0 Å². The number of piperidine rings is 2. The number of nitrogens with one attached hydrogen (secondary N) is 3. The fourth-order valence-corrected chi connectivity index (χ4v) is 11.6. The summed E-state index contributed by atoms with van der Waals surface area (Å²) < 4.78 is 20.2. The Balaban J connectivity index is 0.777. The molecule has 3 N–H and O–H groups in total. The first kappa shape index (κ1) is 46.4. The maximum absolute atomic E-state index is 13.5. The number of carbonyl (C=O) groups excluding carboxylic acids is 3. The van der Waals surface area contributed by atoms with Gasteiger partial charge in [-0.2, -0.15) is 4.98 Å². The topological polar surface area (TPSA) is 181 Å². The van der Waals surface area contributed by atoms with E-state index in [1.54, 1.807) is 43.9 Å². The number of halogens is 1. The second-order valence-electron chi connectivity index (χ2n) is 18.2. The van der Waals surface area contributed by atoms with Crippen LogP contribution in [0.4, 0.5) is 34.5 Å². The summed E-state index contributed by atoms with van der Waals surface area (Å²) in [6.07, 6.45) is 8.56. The quantitative estimate of drug-likeness (QED) is 0.0874.